The first-order valence-corrected chi connectivity index (χ1v) is 4.91. The molecule has 0 amide bonds. The van der Waals surface area contributed by atoms with E-state index >= 15 is 0 Å². The molecule has 6 nitrogen and oxygen atoms in total. The molecule has 0 saturated carbocycles. The highest BCUT2D eigenvalue weighted by molar-refractivity contribution is 5.85. The highest BCUT2D eigenvalue weighted by Crippen LogP contribution is 2.19. The maximum Gasteiger partial charge on any atom is 0.144 e. The Balaban J connectivity index is 3.76. The maximum atomic E-state index is 9.04. The van der Waals surface area contributed by atoms with Gasteiger partial charge in [-0.3, -0.25) is 0 Å². The Morgan fingerprint density at radius 1 is 1.53 bits per heavy atom. The van der Waals surface area contributed by atoms with Gasteiger partial charge in [0, 0.05) is 12.0 Å². The average Bonchev–Trinajstić information content (AvgIpc) is 2.22. The van der Waals surface area contributed by atoms with E-state index in [9.17, 15) is 0 Å². The van der Waals surface area contributed by atoms with Crippen LogP contribution >= 0.6 is 0 Å². The van der Waals surface area contributed by atoms with Crippen molar-refractivity contribution >= 4 is 5.84 Å². The molecule has 0 radical (unpaired) electrons. The number of hydrogen-bond acceptors (Lipinski definition) is 5. The molecule has 0 heterocycles. The van der Waals surface area contributed by atoms with Crippen LogP contribution in [0.15, 0.2) is 5.16 Å². The fourth-order valence-corrected chi connectivity index (χ4v) is 0.998. The number of aliphatic hydroxyl groups is 2. The first kappa shape index (κ1) is 14.2. The van der Waals surface area contributed by atoms with E-state index in [0.29, 0.717) is 19.5 Å². The van der Waals surface area contributed by atoms with E-state index in [2.05, 4.69) is 10.5 Å². The minimum atomic E-state index is -0.739. The molecule has 0 aromatic carbocycles. The summed E-state index contributed by atoms with van der Waals surface area (Å²) in [5, 5.41) is 32.1. The first-order valence-electron chi connectivity index (χ1n) is 4.91. The predicted octanol–water partition coefficient (Wildman–Crippen LogP) is -0.908. The molecule has 0 aromatic rings. The molecule has 0 aliphatic carbocycles. The number of aliphatic hydroxyl groups excluding tert-OH is 2. The number of amidine groups is 1. The lowest BCUT2D eigenvalue weighted by atomic mass is 9.88. The highest BCUT2D eigenvalue weighted by atomic mass is 16.4. The van der Waals surface area contributed by atoms with E-state index < -0.39 is 6.10 Å². The van der Waals surface area contributed by atoms with Crippen LogP contribution in [0.25, 0.3) is 0 Å². The highest BCUT2D eigenvalue weighted by Gasteiger charge is 2.22. The van der Waals surface area contributed by atoms with Crippen molar-refractivity contribution in [2.75, 3.05) is 19.7 Å². The van der Waals surface area contributed by atoms with Gasteiger partial charge in [0.05, 0.1) is 12.7 Å². The van der Waals surface area contributed by atoms with Crippen LogP contribution in [0.1, 0.15) is 20.3 Å². The van der Waals surface area contributed by atoms with Crippen molar-refractivity contribution in [2.45, 2.75) is 26.4 Å². The summed E-state index contributed by atoms with van der Waals surface area (Å²) in [4.78, 5) is 0. The normalized spacial score (nSPS) is 15.3. The molecule has 1 atom stereocenters. The molecule has 1 unspecified atom stereocenters. The number of hydrogen-bond donors (Lipinski definition) is 5. The molecule has 0 aromatic heterocycles. The molecule has 0 aliphatic rings. The van der Waals surface area contributed by atoms with Gasteiger partial charge in [-0.25, -0.2) is 0 Å². The third kappa shape index (κ3) is 5.56. The zero-order chi connectivity index (χ0) is 11.9. The van der Waals surface area contributed by atoms with Crippen LogP contribution in [0.3, 0.4) is 0 Å². The number of nitrogens with zero attached hydrogens (tertiary/aromatic N) is 1. The molecule has 6 N–H and O–H groups in total. The van der Waals surface area contributed by atoms with Crippen LogP contribution in [0.5, 0.6) is 0 Å². The van der Waals surface area contributed by atoms with Crippen molar-refractivity contribution in [2.24, 2.45) is 16.3 Å². The van der Waals surface area contributed by atoms with Crippen molar-refractivity contribution in [3.05, 3.63) is 0 Å². The monoisotopic (exact) mass is 219 g/mol. The number of oxime groups is 1. The van der Waals surface area contributed by atoms with Gasteiger partial charge in [-0.15, -0.1) is 0 Å². The maximum absolute atomic E-state index is 9.04. The minimum absolute atomic E-state index is 0.187. The Labute approximate surface area is 89.8 Å². The lowest BCUT2D eigenvalue weighted by Crippen LogP contribution is -2.37. The second-order valence-corrected chi connectivity index (χ2v) is 4.16. The van der Waals surface area contributed by atoms with Gasteiger partial charge in [-0.2, -0.15) is 0 Å². The van der Waals surface area contributed by atoms with Gasteiger partial charge >= 0.3 is 0 Å². The first-order chi connectivity index (χ1) is 6.94. The summed E-state index contributed by atoms with van der Waals surface area (Å²) in [7, 11) is 0. The van der Waals surface area contributed by atoms with Gasteiger partial charge in [-0.1, -0.05) is 19.0 Å². The largest absolute Gasteiger partial charge is 0.409 e. The van der Waals surface area contributed by atoms with Crippen LogP contribution in [-0.2, 0) is 0 Å². The van der Waals surface area contributed by atoms with Crippen LogP contribution in [-0.4, -0.2) is 47.1 Å². The Kier molecular flexibility index (Phi) is 6.23. The number of nitrogens with one attached hydrogen (secondary N) is 1. The van der Waals surface area contributed by atoms with Crippen molar-refractivity contribution in [1.29, 1.82) is 0 Å². The van der Waals surface area contributed by atoms with E-state index in [4.69, 9.17) is 21.2 Å². The molecular formula is C9H21N3O3. The molecule has 0 aliphatic heterocycles. The van der Waals surface area contributed by atoms with Crippen LogP contribution < -0.4 is 11.1 Å². The molecule has 0 bridgehead atoms. The number of nitrogens with two attached hydrogens (primary N) is 1. The van der Waals surface area contributed by atoms with E-state index in [1.54, 1.807) is 0 Å². The van der Waals surface area contributed by atoms with Crippen molar-refractivity contribution < 1.29 is 15.4 Å². The van der Waals surface area contributed by atoms with E-state index in [-0.39, 0.29) is 17.9 Å². The standard InChI is InChI=1S/C9H21N3O3/c1-9(2,8(10)12-15)3-4-11-5-7(14)6-13/h7,11,13-15H,3-6H2,1-2H3,(H2,10,12). The van der Waals surface area contributed by atoms with Gasteiger partial charge in [0.25, 0.3) is 0 Å². The lowest BCUT2D eigenvalue weighted by Gasteiger charge is -2.23. The average molecular weight is 219 g/mol. The summed E-state index contributed by atoms with van der Waals surface area (Å²) in [5.41, 5.74) is 5.12. The van der Waals surface area contributed by atoms with Gasteiger partial charge in [0.2, 0.25) is 0 Å². The summed E-state index contributed by atoms with van der Waals surface area (Å²) in [6.45, 7) is 4.44. The third-order valence-corrected chi connectivity index (χ3v) is 2.32. The fraction of sp³-hybridized carbons (Fsp3) is 0.889. The molecule has 0 spiro atoms. The topological polar surface area (TPSA) is 111 Å². The summed E-state index contributed by atoms with van der Waals surface area (Å²) in [6, 6.07) is 0. The summed E-state index contributed by atoms with van der Waals surface area (Å²) in [6.07, 6.45) is -0.0573. The molecule has 15 heavy (non-hydrogen) atoms. The van der Waals surface area contributed by atoms with Gasteiger partial charge in [0.15, 0.2) is 0 Å². The van der Waals surface area contributed by atoms with Crippen LogP contribution in [0, 0.1) is 5.41 Å². The quantitative estimate of drug-likeness (QED) is 0.125. The molecule has 90 valence electrons. The van der Waals surface area contributed by atoms with Gasteiger partial charge in [-0.05, 0) is 13.0 Å². The van der Waals surface area contributed by atoms with E-state index in [0.717, 1.165) is 0 Å². The molecule has 6 heteroatoms. The summed E-state index contributed by atoms with van der Waals surface area (Å²) < 4.78 is 0. The van der Waals surface area contributed by atoms with E-state index in [1.165, 1.54) is 0 Å². The van der Waals surface area contributed by atoms with Crippen LogP contribution in [0.4, 0.5) is 0 Å². The van der Waals surface area contributed by atoms with Crippen molar-refractivity contribution in [3.63, 3.8) is 0 Å². The summed E-state index contributed by atoms with van der Waals surface area (Å²) in [5.74, 6) is 0.187. The van der Waals surface area contributed by atoms with E-state index in [1.807, 2.05) is 13.8 Å². The molecule has 0 rings (SSSR count). The Morgan fingerprint density at radius 3 is 2.60 bits per heavy atom. The molecule has 0 fully saturated rings. The Morgan fingerprint density at radius 2 is 2.13 bits per heavy atom. The zero-order valence-corrected chi connectivity index (χ0v) is 9.27. The Hall–Kier alpha value is -0.850. The fourth-order valence-electron chi connectivity index (χ4n) is 0.998. The summed E-state index contributed by atoms with van der Waals surface area (Å²) >= 11 is 0. The molecular weight excluding hydrogens is 198 g/mol. The second kappa shape index (κ2) is 6.60. The van der Waals surface area contributed by atoms with Gasteiger partial charge < -0.3 is 26.5 Å². The second-order valence-electron chi connectivity index (χ2n) is 4.16. The minimum Gasteiger partial charge on any atom is -0.409 e. The van der Waals surface area contributed by atoms with Crippen molar-refractivity contribution in [3.8, 4) is 0 Å². The predicted molar refractivity (Wildman–Crippen MR) is 57.8 cm³/mol. The zero-order valence-electron chi connectivity index (χ0n) is 9.27. The third-order valence-electron chi connectivity index (χ3n) is 2.32. The lowest BCUT2D eigenvalue weighted by molar-refractivity contribution is 0.0941. The molecule has 0 saturated heterocycles. The SMILES string of the molecule is CC(C)(CCNCC(O)CO)C(N)=NO. The van der Waals surface area contributed by atoms with Gasteiger partial charge in [0.1, 0.15) is 5.84 Å². The smallest absolute Gasteiger partial charge is 0.144 e. The number of rotatable bonds is 7. The Bertz CT molecular complexity index is 207. The van der Waals surface area contributed by atoms with Crippen molar-refractivity contribution in [1.82, 2.24) is 5.32 Å². The van der Waals surface area contributed by atoms with Crippen LogP contribution in [0.2, 0.25) is 0 Å².